The third kappa shape index (κ3) is 4.10. The van der Waals surface area contributed by atoms with Crippen molar-refractivity contribution >= 4 is 0 Å². The Morgan fingerprint density at radius 3 is 2.46 bits per heavy atom. The van der Waals surface area contributed by atoms with E-state index in [2.05, 4.69) is 19.2 Å². The molecule has 1 rings (SSSR count). The fourth-order valence-corrected chi connectivity index (χ4v) is 1.93. The first-order valence-electron chi connectivity index (χ1n) is 5.45. The lowest BCUT2D eigenvalue weighted by atomic mass is 9.90. The second kappa shape index (κ2) is 4.43. The molecule has 0 spiro atoms. The van der Waals surface area contributed by atoms with E-state index in [0.717, 1.165) is 13.0 Å². The van der Waals surface area contributed by atoms with E-state index in [9.17, 15) is 5.11 Å². The van der Waals surface area contributed by atoms with Gasteiger partial charge in [0.25, 0.3) is 0 Å². The molecule has 0 aliphatic heterocycles. The summed E-state index contributed by atoms with van der Waals surface area (Å²) < 4.78 is 0. The third-order valence-electron chi connectivity index (χ3n) is 2.72. The highest BCUT2D eigenvalue weighted by Crippen LogP contribution is 2.20. The van der Waals surface area contributed by atoms with Gasteiger partial charge in [-0.1, -0.05) is 20.3 Å². The molecule has 2 nitrogen and oxygen atoms in total. The Morgan fingerprint density at radius 1 is 1.46 bits per heavy atom. The molecule has 13 heavy (non-hydrogen) atoms. The van der Waals surface area contributed by atoms with Crippen LogP contribution >= 0.6 is 0 Å². The number of hydrogen-bond donors (Lipinski definition) is 2. The van der Waals surface area contributed by atoms with Gasteiger partial charge in [-0.05, 0) is 32.1 Å². The lowest BCUT2D eigenvalue weighted by Crippen LogP contribution is -2.45. The predicted octanol–water partition coefficient (Wildman–Crippen LogP) is 1.93. The zero-order valence-corrected chi connectivity index (χ0v) is 9.14. The van der Waals surface area contributed by atoms with Gasteiger partial charge in [0.1, 0.15) is 0 Å². The van der Waals surface area contributed by atoms with Crippen LogP contribution < -0.4 is 5.32 Å². The minimum absolute atomic E-state index is 0.524. The summed E-state index contributed by atoms with van der Waals surface area (Å²) >= 11 is 0. The molecule has 0 amide bonds. The van der Waals surface area contributed by atoms with E-state index in [4.69, 9.17) is 0 Å². The number of rotatable bonds is 5. The van der Waals surface area contributed by atoms with Crippen LogP contribution in [0.1, 0.15) is 46.5 Å². The average molecular weight is 185 g/mol. The molecule has 0 aromatic rings. The number of aliphatic hydroxyl groups is 1. The molecular weight excluding hydrogens is 162 g/mol. The van der Waals surface area contributed by atoms with Gasteiger partial charge in [0.2, 0.25) is 0 Å². The maximum absolute atomic E-state index is 9.99. The number of nitrogens with one attached hydrogen (secondary N) is 1. The van der Waals surface area contributed by atoms with Crippen LogP contribution in [-0.4, -0.2) is 23.3 Å². The van der Waals surface area contributed by atoms with Crippen LogP contribution in [-0.2, 0) is 0 Å². The van der Waals surface area contributed by atoms with Crippen molar-refractivity contribution in [3.63, 3.8) is 0 Å². The first-order valence-corrected chi connectivity index (χ1v) is 5.45. The van der Waals surface area contributed by atoms with Crippen molar-refractivity contribution in [1.29, 1.82) is 0 Å². The molecule has 1 aliphatic carbocycles. The number of hydrogen-bond acceptors (Lipinski definition) is 2. The van der Waals surface area contributed by atoms with E-state index in [1.54, 1.807) is 0 Å². The van der Waals surface area contributed by atoms with Crippen LogP contribution in [0.5, 0.6) is 0 Å². The lowest BCUT2D eigenvalue weighted by molar-refractivity contribution is 0.0330. The van der Waals surface area contributed by atoms with E-state index in [0.29, 0.717) is 12.0 Å². The normalized spacial score (nSPS) is 22.8. The molecule has 1 saturated carbocycles. The molecule has 1 fully saturated rings. The molecule has 0 aromatic heterocycles. The summed E-state index contributed by atoms with van der Waals surface area (Å²) in [5, 5.41) is 13.4. The second-order valence-electron chi connectivity index (χ2n) is 5.10. The Labute approximate surface area is 81.7 Å². The summed E-state index contributed by atoms with van der Waals surface area (Å²) in [6, 6.07) is 0.679. The van der Waals surface area contributed by atoms with Gasteiger partial charge in [-0.2, -0.15) is 0 Å². The first-order chi connectivity index (χ1) is 5.99. The van der Waals surface area contributed by atoms with Gasteiger partial charge in [0.05, 0.1) is 5.60 Å². The predicted molar refractivity (Wildman–Crippen MR) is 55.7 cm³/mol. The summed E-state index contributed by atoms with van der Waals surface area (Å²) in [6.45, 7) is 6.98. The molecule has 2 N–H and O–H groups in total. The van der Waals surface area contributed by atoms with Crippen molar-refractivity contribution in [2.24, 2.45) is 5.92 Å². The van der Waals surface area contributed by atoms with Crippen molar-refractivity contribution in [3.05, 3.63) is 0 Å². The van der Waals surface area contributed by atoms with Gasteiger partial charge >= 0.3 is 0 Å². The molecule has 78 valence electrons. The molecule has 0 radical (unpaired) electrons. The zero-order chi connectivity index (χ0) is 9.90. The Balaban J connectivity index is 2.16. The van der Waals surface area contributed by atoms with E-state index >= 15 is 0 Å². The van der Waals surface area contributed by atoms with E-state index in [-0.39, 0.29) is 0 Å². The molecule has 0 bridgehead atoms. The van der Waals surface area contributed by atoms with Gasteiger partial charge in [-0.15, -0.1) is 0 Å². The minimum atomic E-state index is -0.524. The Bertz CT molecular complexity index is 150. The molecule has 1 aliphatic rings. The maximum Gasteiger partial charge on any atom is 0.0746 e. The summed E-state index contributed by atoms with van der Waals surface area (Å²) in [5.41, 5.74) is -0.524. The highest BCUT2D eigenvalue weighted by molar-refractivity contribution is 4.82. The lowest BCUT2D eigenvalue weighted by Gasteiger charge is -2.32. The Morgan fingerprint density at radius 2 is 2.08 bits per heavy atom. The van der Waals surface area contributed by atoms with Crippen LogP contribution in [0.4, 0.5) is 0 Å². The topological polar surface area (TPSA) is 32.3 Å². The standard InChI is InChI=1S/C11H23NO/c1-9(2)7-11(3,13)8-12-10-5-4-6-10/h9-10,12-13H,4-8H2,1-3H3. The molecule has 1 unspecified atom stereocenters. The smallest absolute Gasteiger partial charge is 0.0746 e. The quantitative estimate of drug-likeness (QED) is 0.686. The molecule has 0 saturated heterocycles. The fraction of sp³-hybridized carbons (Fsp3) is 1.00. The fourth-order valence-electron chi connectivity index (χ4n) is 1.93. The third-order valence-corrected chi connectivity index (χ3v) is 2.72. The Hall–Kier alpha value is -0.0800. The average Bonchev–Trinajstić information content (AvgIpc) is 1.79. The molecule has 0 aromatic carbocycles. The molecule has 1 atom stereocenters. The van der Waals surface area contributed by atoms with Crippen molar-refractivity contribution in [2.75, 3.05) is 6.54 Å². The van der Waals surface area contributed by atoms with E-state index < -0.39 is 5.60 Å². The first kappa shape index (κ1) is 11.0. The van der Waals surface area contributed by atoms with Crippen molar-refractivity contribution < 1.29 is 5.11 Å². The van der Waals surface area contributed by atoms with Crippen molar-refractivity contribution in [1.82, 2.24) is 5.32 Å². The van der Waals surface area contributed by atoms with Gasteiger partial charge < -0.3 is 10.4 Å². The van der Waals surface area contributed by atoms with Crippen LogP contribution in [0.3, 0.4) is 0 Å². The van der Waals surface area contributed by atoms with Gasteiger partial charge in [-0.25, -0.2) is 0 Å². The van der Waals surface area contributed by atoms with Crippen molar-refractivity contribution in [2.45, 2.75) is 58.1 Å². The molecule has 2 heteroatoms. The minimum Gasteiger partial charge on any atom is -0.389 e. The second-order valence-corrected chi connectivity index (χ2v) is 5.10. The van der Waals surface area contributed by atoms with Crippen LogP contribution in [0, 0.1) is 5.92 Å². The summed E-state index contributed by atoms with van der Waals surface area (Å²) in [7, 11) is 0. The molecule has 0 heterocycles. The highest BCUT2D eigenvalue weighted by Gasteiger charge is 2.24. The van der Waals surface area contributed by atoms with Crippen LogP contribution in [0.2, 0.25) is 0 Å². The zero-order valence-electron chi connectivity index (χ0n) is 9.14. The van der Waals surface area contributed by atoms with Gasteiger partial charge in [-0.3, -0.25) is 0 Å². The maximum atomic E-state index is 9.99. The summed E-state index contributed by atoms with van der Waals surface area (Å²) in [4.78, 5) is 0. The van der Waals surface area contributed by atoms with Gasteiger partial charge in [0, 0.05) is 12.6 Å². The summed E-state index contributed by atoms with van der Waals surface area (Å²) in [6.07, 6.45) is 4.81. The summed E-state index contributed by atoms with van der Waals surface area (Å²) in [5.74, 6) is 0.568. The van der Waals surface area contributed by atoms with Crippen LogP contribution in [0.25, 0.3) is 0 Å². The monoisotopic (exact) mass is 185 g/mol. The van der Waals surface area contributed by atoms with E-state index in [1.165, 1.54) is 19.3 Å². The van der Waals surface area contributed by atoms with E-state index in [1.807, 2.05) is 6.92 Å². The molecular formula is C11H23NO. The van der Waals surface area contributed by atoms with Gasteiger partial charge in [0.15, 0.2) is 0 Å². The SMILES string of the molecule is CC(C)CC(C)(O)CNC1CCC1. The van der Waals surface area contributed by atoms with Crippen molar-refractivity contribution in [3.8, 4) is 0 Å². The van der Waals surface area contributed by atoms with Crippen LogP contribution in [0.15, 0.2) is 0 Å². The Kier molecular flexibility index (Phi) is 3.74. The highest BCUT2D eigenvalue weighted by atomic mass is 16.3. The largest absolute Gasteiger partial charge is 0.389 e.